The van der Waals surface area contributed by atoms with Crippen LogP contribution in [0.5, 0.6) is 0 Å². The van der Waals surface area contributed by atoms with Gasteiger partial charge in [-0.25, -0.2) is 0 Å². The first kappa shape index (κ1) is 13.2. The third kappa shape index (κ3) is 3.65. The topological polar surface area (TPSA) is 70.6 Å². The van der Waals surface area contributed by atoms with Crippen molar-refractivity contribution in [2.75, 3.05) is 11.5 Å². The molecule has 4 N–H and O–H groups in total. The van der Waals surface area contributed by atoms with Crippen LogP contribution in [0.25, 0.3) is 0 Å². The van der Waals surface area contributed by atoms with Crippen molar-refractivity contribution in [3.05, 3.63) is 35.9 Å². The zero-order chi connectivity index (χ0) is 12.8. The molecule has 1 aliphatic rings. The molecule has 98 valence electrons. The van der Waals surface area contributed by atoms with Crippen LogP contribution in [-0.4, -0.2) is 28.6 Å². The molecule has 2 unspecified atom stereocenters. The SMILES string of the molecule is N/C(CC(NC1CCSC1)c1ccccc1)=N/O. The summed E-state index contributed by atoms with van der Waals surface area (Å²) in [5.41, 5.74) is 6.82. The molecular weight excluding hydrogens is 246 g/mol. The van der Waals surface area contributed by atoms with E-state index in [4.69, 9.17) is 10.9 Å². The molecule has 0 bridgehead atoms. The quantitative estimate of drug-likeness (QED) is 0.329. The summed E-state index contributed by atoms with van der Waals surface area (Å²) in [6, 6.07) is 10.8. The van der Waals surface area contributed by atoms with Gasteiger partial charge in [-0.2, -0.15) is 11.8 Å². The van der Waals surface area contributed by atoms with E-state index in [1.165, 1.54) is 17.7 Å². The Morgan fingerprint density at radius 1 is 1.50 bits per heavy atom. The fourth-order valence-corrected chi connectivity index (χ4v) is 3.32. The number of benzene rings is 1. The fourth-order valence-electron chi connectivity index (χ4n) is 2.16. The average molecular weight is 265 g/mol. The van der Waals surface area contributed by atoms with Crippen molar-refractivity contribution >= 4 is 17.6 Å². The molecule has 2 atom stereocenters. The highest BCUT2D eigenvalue weighted by molar-refractivity contribution is 7.99. The van der Waals surface area contributed by atoms with E-state index in [0.29, 0.717) is 12.5 Å². The van der Waals surface area contributed by atoms with Crippen molar-refractivity contribution in [2.45, 2.75) is 24.9 Å². The van der Waals surface area contributed by atoms with Gasteiger partial charge in [0.25, 0.3) is 0 Å². The largest absolute Gasteiger partial charge is 0.409 e. The summed E-state index contributed by atoms with van der Waals surface area (Å²) in [5, 5.41) is 15.4. The van der Waals surface area contributed by atoms with Crippen molar-refractivity contribution in [1.82, 2.24) is 5.32 Å². The molecule has 0 radical (unpaired) electrons. The lowest BCUT2D eigenvalue weighted by molar-refractivity contribution is 0.315. The molecule has 2 rings (SSSR count). The van der Waals surface area contributed by atoms with E-state index >= 15 is 0 Å². The molecule has 4 nitrogen and oxygen atoms in total. The van der Waals surface area contributed by atoms with Gasteiger partial charge in [-0.15, -0.1) is 0 Å². The zero-order valence-electron chi connectivity index (χ0n) is 10.2. The highest BCUT2D eigenvalue weighted by Gasteiger charge is 2.21. The van der Waals surface area contributed by atoms with Gasteiger partial charge in [-0.05, 0) is 17.7 Å². The molecule has 1 saturated heterocycles. The van der Waals surface area contributed by atoms with Gasteiger partial charge in [0.1, 0.15) is 5.84 Å². The van der Waals surface area contributed by atoms with Crippen LogP contribution < -0.4 is 11.1 Å². The molecular formula is C13H19N3OS. The number of hydrogen-bond donors (Lipinski definition) is 3. The lowest BCUT2D eigenvalue weighted by Crippen LogP contribution is -2.35. The lowest BCUT2D eigenvalue weighted by Gasteiger charge is -2.22. The van der Waals surface area contributed by atoms with Gasteiger partial charge >= 0.3 is 0 Å². The standard InChI is InChI=1S/C13H19N3OS/c14-13(16-17)8-12(10-4-2-1-3-5-10)15-11-6-7-18-9-11/h1-5,11-12,15,17H,6-9H2,(H2,14,16). The smallest absolute Gasteiger partial charge is 0.141 e. The number of nitrogens with zero attached hydrogens (tertiary/aromatic N) is 1. The van der Waals surface area contributed by atoms with E-state index in [0.717, 1.165) is 5.75 Å². The van der Waals surface area contributed by atoms with E-state index in [9.17, 15) is 0 Å². The van der Waals surface area contributed by atoms with Crippen LogP contribution in [0.3, 0.4) is 0 Å². The van der Waals surface area contributed by atoms with Gasteiger partial charge in [-0.1, -0.05) is 35.5 Å². The maximum Gasteiger partial charge on any atom is 0.141 e. The molecule has 18 heavy (non-hydrogen) atoms. The Balaban J connectivity index is 2.06. The molecule has 0 saturated carbocycles. The van der Waals surface area contributed by atoms with Gasteiger partial charge in [0, 0.05) is 24.3 Å². The minimum absolute atomic E-state index is 0.116. The monoisotopic (exact) mass is 265 g/mol. The van der Waals surface area contributed by atoms with Crippen LogP contribution in [-0.2, 0) is 0 Å². The van der Waals surface area contributed by atoms with Gasteiger partial charge in [0.2, 0.25) is 0 Å². The van der Waals surface area contributed by atoms with Crippen LogP contribution in [0.1, 0.15) is 24.4 Å². The van der Waals surface area contributed by atoms with Crippen molar-refractivity contribution < 1.29 is 5.21 Å². The van der Waals surface area contributed by atoms with Crippen molar-refractivity contribution in [3.8, 4) is 0 Å². The van der Waals surface area contributed by atoms with Gasteiger partial charge in [0.05, 0.1) is 0 Å². The maximum absolute atomic E-state index is 8.72. The number of amidine groups is 1. The highest BCUT2D eigenvalue weighted by Crippen LogP contribution is 2.23. The first-order chi connectivity index (χ1) is 8.79. The summed E-state index contributed by atoms with van der Waals surface area (Å²) < 4.78 is 0. The molecule has 0 spiro atoms. The summed E-state index contributed by atoms with van der Waals surface area (Å²) in [7, 11) is 0. The number of oxime groups is 1. The summed E-state index contributed by atoms with van der Waals surface area (Å²) >= 11 is 1.97. The molecule has 0 aromatic heterocycles. The van der Waals surface area contributed by atoms with E-state index in [-0.39, 0.29) is 11.9 Å². The Morgan fingerprint density at radius 2 is 2.28 bits per heavy atom. The molecule has 1 heterocycles. The number of rotatable bonds is 5. The number of hydrogen-bond acceptors (Lipinski definition) is 4. The van der Waals surface area contributed by atoms with E-state index in [1.54, 1.807) is 0 Å². The van der Waals surface area contributed by atoms with Crippen molar-refractivity contribution in [2.24, 2.45) is 10.9 Å². The van der Waals surface area contributed by atoms with Gasteiger partial charge < -0.3 is 16.3 Å². The van der Waals surface area contributed by atoms with E-state index in [2.05, 4.69) is 22.6 Å². The molecule has 1 aliphatic heterocycles. The fraction of sp³-hybridized carbons (Fsp3) is 0.462. The first-order valence-electron chi connectivity index (χ1n) is 6.14. The minimum atomic E-state index is 0.116. The lowest BCUT2D eigenvalue weighted by atomic mass is 10.0. The zero-order valence-corrected chi connectivity index (χ0v) is 11.1. The molecule has 1 aromatic carbocycles. The average Bonchev–Trinajstić information content (AvgIpc) is 2.92. The minimum Gasteiger partial charge on any atom is -0.409 e. The van der Waals surface area contributed by atoms with Crippen LogP contribution in [0, 0.1) is 0 Å². The van der Waals surface area contributed by atoms with Crippen LogP contribution >= 0.6 is 11.8 Å². The maximum atomic E-state index is 8.72. The number of nitrogens with one attached hydrogen (secondary N) is 1. The van der Waals surface area contributed by atoms with Gasteiger partial charge in [0.15, 0.2) is 0 Å². The second kappa shape index (κ2) is 6.66. The normalized spacial score (nSPS) is 22.0. The second-order valence-corrected chi connectivity index (χ2v) is 5.64. The molecule has 5 heteroatoms. The summed E-state index contributed by atoms with van der Waals surface area (Å²) in [6.45, 7) is 0. The predicted octanol–water partition coefficient (Wildman–Crippen LogP) is 1.96. The summed E-state index contributed by atoms with van der Waals surface area (Å²) in [6.07, 6.45) is 1.71. The Bertz CT molecular complexity index is 390. The van der Waals surface area contributed by atoms with E-state index < -0.39 is 0 Å². The predicted molar refractivity (Wildman–Crippen MR) is 76.1 cm³/mol. The number of nitrogens with two attached hydrogens (primary N) is 1. The van der Waals surface area contributed by atoms with Crippen molar-refractivity contribution in [3.63, 3.8) is 0 Å². The Morgan fingerprint density at radius 3 is 2.89 bits per heavy atom. The number of thioether (sulfide) groups is 1. The van der Waals surface area contributed by atoms with Crippen molar-refractivity contribution in [1.29, 1.82) is 0 Å². The third-order valence-corrected chi connectivity index (χ3v) is 4.27. The molecule has 1 fully saturated rings. The Labute approximate surface area is 112 Å². The summed E-state index contributed by atoms with van der Waals surface area (Å²) in [4.78, 5) is 0. The molecule has 1 aromatic rings. The van der Waals surface area contributed by atoms with Crippen LogP contribution in [0.4, 0.5) is 0 Å². The third-order valence-electron chi connectivity index (χ3n) is 3.11. The van der Waals surface area contributed by atoms with Crippen LogP contribution in [0.15, 0.2) is 35.5 Å². The van der Waals surface area contributed by atoms with E-state index in [1.807, 2.05) is 30.0 Å². The summed E-state index contributed by atoms with van der Waals surface area (Å²) in [5.74, 6) is 2.62. The Kier molecular flexibility index (Phi) is 4.90. The Hall–Kier alpha value is -1.20. The molecule has 0 amide bonds. The van der Waals surface area contributed by atoms with Crippen LogP contribution in [0.2, 0.25) is 0 Å². The first-order valence-corrected chi connectivity index (χ1v) is 7.30. The van der Waals surface area contributed by atoms with Gasteiger partial charge in [-0.3, -0.25) is 0 Å². The second-order valence-electron chi connectivity index (χ2n) is 4.49. The molecule has 0 aliphatic carbocycles. The highest BCUT2D eigenvalue weighted by atomic mass is 32.2.